The number of hydrogen-bond acceptors (Lipinski definition) is 1. The Bertz CT molecular complexity index is 259. The van der Waals surface area contributed by atoms with E-state index in [-0.39, 0.29) is 0 Å². The van der Waals surface area contributed by atoms with Gasteiger partial charge in [-0.2, -0.15) is 0 Å². The Hall–Kier alpha value is -1.37. The first-order valence-corrected chi connectivity index (χ1v) is 3.53. The Morgan fingerprint density at radius 3 is 2.55 bits per heavy atom. The maximum absolute atomic E-state index is 4.08. The third kappa shape index (κ3) is 2.80. The van der Waals surface area contributed by atoms with E-state index in [1.165, 1.54) is 0 Å². The maximum atomic E-state index is 4.08. The van der Waals surface area contributed by atoms with Crippen molar-refractivity contribution in [2.24, 2.45) is 4.99 Å². The Morgan fingerprint density at radius 1 is 1.36 bits per heavy atom. The van der Waals surface area contributed by atoms with E-state index in [4.69, 9.17) is 0 Å². The minimum absolute atomic E-state index is 0.828. The first kappa shape index (κ1) is 7.73. The third-order valence-electron chi connectivity index (χ3n) is 1.23. The Kier molecular flexibility index (Phi) is 2.61. The van der Waals surface area contributed by atoms with Crippen LogP contribution in [-0.2, 0) is 0 Å². The fourth-order valence-electron chi connectivity index (χ4n) is 0.724. The van der Waals surface area contributed by atoms with Crippen LogP contribution in [0.25, 0.3) is 0 Å². The van der Waals surface area contributed by atoms with E-state index in [9.17, 15) is 0 Å². The molecule has 1 rings (SSSR count). The molecule has 1 heteroatoms. The van der Waals surface area contributed by atoms with Gasteiger partial charge in [0, 0.05) is 11.9 Å². The van der Waals surface area contributed by atoms with Gasteiger partial charge in [0.15, 0.2) is 0 Å². The van der Waals surface area contributed by atoms with Crippen molar-refractivity contribution in [2.45, 2.75) is 6.92 Å². The molecule has 0 aliphatic heterocycles. The highest BCUT2D eigenvalue weighted by Crippen LogP contribution is 1.95. The molecule has 0 spiro atoms. The summed E-state index contributed by atoms with van der Waals surface area (Å²) in [7, 11) is 0. The van der Waals surface area contributed by atoms with Crippen molar-refractivity contribution in [1.29, 1.82) is 0 Å². The summed E-state index contributed by atoms with van der Waals surface area (Å²) < 4.78 is 0. The minimum atomic E-state index is 0.828. The van der Waals surface area contributed by atoms with Crippen molar-refractivity contribution in [3.63, 3.8) is 0 Å². The number of allylic oxidation sites excluding steroid dienone is 1. The van der Waals surface area contributed by atoms with Crippen LogP contribution in [0.3, 0.4) is 0 Å². The van der Waals surface area contributed by atoms with E-state index < -0.39 is 0 Å². The molecule has 0 atom stereocenters. The summed E-state index contributed by atoms with van der Waals surface area (Å²) in [4.78, 5) is 4.08. The summed E-state index contributed by atoms with van der Waals surface area (Å²) in [6.07, 6.45) is 1.81. The number of aliphatic imine (C=N–C) groups is 1. The summed E-state index contributed by atoms with van der Waals surface area (Å²) in [5.74, 6) is 0. The van der Waals surface area contributed by atoms with Gasteiger partial charge in [-0.3, -0.25) is 4.99 Å². The quantitative estimate of drug-likeness (QED) is 0.567. The lowest BCUT2D eigenvalue weighted by Crippen LogP contribution is -1.78. The van der Waals surface area contributed by atoms with E-state index in [1.807, 2.05) is 43.5 Å². The molecule has 0 aliphatic carbocycles. The number of rotatable bonds is 2. The van der Waals surface area contributed by atoms with Gasteiger partial charge in [0.2, 0.25) is 0 Å². The molecule has 0 N–H and O–H groups in total. The van der Waals surface area contributed by atoms with Gasteiger partial charge in [-0.1, -0.05) is 36.9 Å². The first-order valence-electron chi connectivity index (χ1n) is 3.53. The van der Waals surface area contributed by atoms with E-state index in [1.54, 1.807) is 0 Å². The molecule has 0 amide bonds. The van der Waals surface area contributed by atoms with Crippen LogP contribution in [0.2, 0.25) is 0 Å². The number of hydrogen-bond donors (Lipinski definition) is 0. The highest BCUT2D eigenvalue weighted by molar-refractivity contribution is 5.80. The largest absolute Gasteiger partial charge is 0.262 e. The zero-order chi connectivity index (χ0) is 8.10. The molecule has 0 saturated carbocycles. The van der Waals surface area contributed by atoms with Gasteiger partial charge >= 0.3 is 0 Å². The van der Waals surface area contributed by atoms with Crippen LogP contribution in [-0.4, -0.2) is 6.21 Å². The Balaban J connectivity index is 2.72. The average molecular weight is 145 g/mol. The second kappa shape index (κ2) is 3.71. The van der Waals surface area contributed by atoms with Crippen LogP contribution in [0.5, 0.6) is 0 Å². The second-order valence-electron chi connectivity index (χ2n) is 2.40. The van der Waals surface area contributed by atoms with E-state index >= 15 is 0 Å². The van der Waals surface area contributed by atoms with Crippen LogP contribution >= 0.6 is 0 Å². The standard InChI is InChI=1S/C10H11N/c1-9(2)11-8-10-6-4-3-5-7-10/h3-8H,1H2,2H3. The zero-order valence-electron chi connectivity index (χ0n) is 6.62. The monoisotopic (exact) mass is 145 g/mol. The fourth-order valence-corrected chi connectivity index (χ4v) is 0.724. The molecule has 0 radical (unpaired) electrons. The zero-order valence-corrected chi connectivity index (χ0v) is 6.62. The van der Waals surface area contributed by atoms with E-state index in [0.29, 0.717) is 0 Å². The normalized spacial score (nSPS) is 10.3. The number of nitrogens with zero attached hydrogens (tertiary/aromatic N) is 1. The second-order valence-corrected chi connectivity index (χ2v) is 2.40. The molecule has 1 aromatic rings. The van der Waals surface area contributed by atoms with Gasteiger partial charge < -0.3 is 0 Å². The van der Waals surface area contributed by atoms with Crippen molar-refractivity contribution < 1.29 is 0 Å². The van der Waals surface area contributed by atoms with Crippen molar-refractivity contribution in [1.82, 2.24) is 0 Å². The SMILES string of the molecule is C=C(C)N=Cc1ccccc1. The number of benzene rings is 1. The van der Waals surface area contributed by atoms with Crippen LogP contribution < -0.4 is 0 Å². The molecule has 0 unspecified atom stereocenters. The summed E-state index contributed by atoms with van der Waals surface area (Å²) in [6.45, 7) is 5.55. The summed E-state index contributed by atoms with van der Waals surface area (Å²) in [5, 5.41) is 0. The van der Waals surface area contributed by atoms with Gasteiger partial charge in [0.05, 0.1) is 0 Å². The van der Waals surface area contributed by atoms with Crippen LogP contribution in [0.1, 0.15) is 12.5 Å². The molecular formula is C10H11N. The molecular weight excluding hydrogens is 134 g/mol. The lowest BCUT2D eigenvalue weighted by molar-refractivity contribution is 1.34. The van der Waals surface area contributed by atoms with Crippen molar-refractivity contribution in [3.05, 3.63) is 48.2 Å². The molecule has 1 nitrogen and oxygen atoms in total. The maximum Gasteiger partial charge on any atom is 0.0343 e. The molecule has 1 aromatic carbocycles. The predicted molar refractivity (Wildman–Crippen MR) is 48.9 cm³/mol. The molecule has 0 aromatic heterocycles. The Morgan fingerprint density at radius 2 is 2.00 bits per heavy atom. The lowest BCUT2D eigenvalue weighted by Gasteiger charge is -1.89. The van der Waals surface area contributed by atoms with Crippen LogP contribution in [0, 0.1) is 0 Å². The minimum Gasteiger partial charge on any atom is -0.262 e. The van der Waals surface area contributed by atoms with Crippen LogP contribution in [0.15, 0.2) is 47.6 Å². The lowest BCUT2D eigenvalue weighted by atomic mass is 10.2. The van der Waals surface area contributed by atoms with Gasteiger partial charge in [-0.25, -0.2) is 0 Å². The summed E-state index contributed by atoms with van der Waals surface area (Å²) in [5.41, 5.74) is 1.93. The predicted octanol–water partition coefficient (Wildman–Crippen LogP) is 2.64. The molecule has 0 heterocycles. The van der Waals surface area contributed by atoms with E-state index in [0.717, 1.165) is 11.3 Å². The average Bonchev–Trinajstić information content (AvgIpc) is 2.03. The van der Waals surface area contributed by atoms with Gasteiger partial charge in [-0.05, 0) is 12.5 Å². The molecule has 0 fully saturated rings. The highest BCUT2D eigenvalue weighted by atomic mass is 14.7. The van der Waals surface area contributed by atoms with Crippen molar-refractivity contribution >= 4 is 6.21 Å². The van der Waals surface area contributed by atoms with Crippen molar-refractivity contribution in [3.8, 4) is 0 Å². The van der Waals surface area contributed by atoms with E-state index in [2.05, 4.69) is 11.6 Å². The Labute approximate surface area is 67.1 Å². The fraction of sp³-hybridized carbons (Fsp3) is 0.100. The first-order chi connectivity index (χ1) is 5.29. The smallest absolute Gasteiger partial charge is 0.0343 e. The molecule has 0 saturated heterocycles. The summed E-state index contributed by atoms with van der Waals surface area (Å²) in [6, 6.07) is 9.97. The molecule has 0 aliphatic rings. The van der Waals surface area contributed by atoms with Crippen LogP contribution in [0.4, 0.5) is 0 Å². The summed E-state index contributed by atoms with van der Waals surface area (Å²) >= 11 is 0. The van der Waals surface area contributed by atoms with Crippen molar-refractivity contribution in [2.75, 3.05) is 0 Å². The molecule has 56 valence electrons. The van der Waals surface area contributed by atoms with Gasteiger partial charge in [0.1, 0.15) is 0 Å². The highest BCUT2D eigenvalue weighted by Gasteiger charge is 1.81. The topological polar surface area (TPSA) is 12.4 Å². The molecule has 0 bridgehead atoms. The van der Waals surface area contributed by atoms with Gasteiger partial charge in [0.25, 0.3) is 0 Å². The third-order valence-corrected chi connectivity index (χ3v) is 1.23. The molecule has 11 heavy (non-hydrogen) atoms. The van der Waals surface area contributed by atoms with Gasteiger partial charge in [-0.15, -0.1) is 0 Å².